The Morgan fingerprint density at radius 2 is 2.18 bits per heavy atom. The van der Waals surface area contributed by atoms with Gasteiger partial charge in [0.1, 0.15) is 12.4 Å². The second kappa shape index (κ2) is 5.77. The van der Waals surface area contributed by atoms with Gasteiger partial charge in [0.2, 0.25) is 0 Å². The summed E-state index contributed by atoms with van der Waals surface area (Å²) in [5.74, 6) is 0.615. The van der Waals surface area contributed by atoms with Gasteiger partial charge in [0.05, 0.1) is 0 Å². The monoisotopic (exact) mass is 240 g/mol. The van der Waals surface area contributed by atoms with Gasteiger partial charge in [0.15, 0.2) is 12.4 Å². The van der Waals surface area contributed by atoms with Crippen LogP contribution in [0.25, 0.3) is 0 Å². The van der Waals surface area contributed by atoms with E-state index in [2.05, 4.69) is 10.2 Å². The molecule has 0 radical (unpaired) electrons. The largest absolute Gasteiger partial charge is 0.456 e. The number of carbonyl (C=O) groups is 1. The van der Waals surface area contributed by atoms with Crippen LogP contribution in [-0.4, -0.2) is 45.8 Å². The predicted molar refractivity (Wildman–Crippen MR) is 63.1 cm³/mol. The molecule has 0 aliphatic heterocycles. The molecule has 1 unspecified atom stereocenters. The zero-order valence-electron chi connectivity index (χ0n) is 11.0. The van der Waals surface area contributed by atoms with E-state index in [1.54, 1.807) is 10.9 Å². The van der Waals surface area contributed by atoms with Gasteiger partial charge >= 0.3 is 5.97 Å². The molecule has 96 valence electrons. The Hall–Kier alpha value is -1.43. The number of aromatic nitrogens is 3. The third-order valence-electron chi connectivity index (χ3n) is 2.58. The zero-order chi connectivity index (χ0) is 13.0. The van der Waals surface area contributed by atoms with Crippen LogP contribution in [-0.2, 0) is 23.2 Å². The average molecular weight is 240 g/mol. The third-order valence-corrected chi connectivity index (χ3v) is 2.58. The number of aryl methyl sites for hydroxylation is 1. The number of likely N-dealkylation sites (N-methyl/N-ethyl adjacent to an activating group) is 1. The first-order valence-corrected chi connectivity index (χ1v) is 5.59. The SMILES string of the molecule is CC(C)C(C(=O)OCc1nncn1C)N(C)C. The molecule has 1 aromatic heterocycles. The van der Waals surface area contributed by atoms with Crippen LogP contribution in [0.3, 0.4) is 0 Å². The van der Waals surface area contributed by atoms with E-state index in [9.17, 15) is 4.79 Å². The molecule has 6 heteroatoms. The van der Waals surface area contributed by atoms with E-state index < -0.39 is 0 Å². The van der Waals surface area contributed by atoms with Crippen molar-refractivity contribution in [3.05, 3.63) is 12.2 Å². The molecule has 6 nitrogen and oxygen atoms in total. The first kappa shape index (κ1) is 13.6. The molecule has 0 spiro atoms. The van der Waals surface area contributed by atoms with Gasteiger partial charge in [-0.2, -0.15) is 0 Å². The number of hydrogen-bond acceptors (Lipinski definition) is 5. The zero-order valence-corrected chi connectivity index (χ0v) is 11.0. The maximum absolute atomic E-state index is 11.9. The molecule has 0 saturated carbocycles. The topological polar surface area (TPSA) is 60.2 Å². The fraction of sp³-hybridized carbons (Fsp3) is 0.727. The molecule has 0 fully saturated rings. The summed E-state index contributed by atoms with van der Waals surface area (Å²) in [6.07, 6.45) is 1.58. The summed E-state index contributed by atoms with van der Waals surface area (Å²) >= 11 is 0. The minimum atomic E-state index is -0.233. The highest BCUT2D eigenvalue weighted by molar-refractivity contribution is 5.76. The molecule has 0 bridgehead atoms. The van der Waals surface area contributed by atoms with Crippen molar-refractivity contribution in [3.8, 4) is 0 Å². The maximum Gasteiger partial charge on any atom is 0.324 e. The van der Waals surface area contributed by atoms with Gasteiger partial charge in [0, 0.05) is 7.05 Å². The van der Waals surface area contributed by atoms with E-state index in [4.69, 9.17) is 4.74 Å². The lowest BCUT2D eigenvalue weighted by Crippen LogP contribution is -2.41. The van der Waals surface area contributed by atoms with Crippen LogP contribution >= 0.6 is 0 Å². The minimum Gasteiger partial charge on any atom is -0.456 e. The summed E-state index contributed by atoms with van der Waals surface area (Å²) in [7, 11) is 5.55. The molecule has 0 amide bonds. The van der Waals surface area contributed by atoms with Crippen molar-refractivity contribution >= 4 is 5.97 Å². The van der Waals surface area contributed by atoms with Crippen molar-refractivity contribution in [2.45, 2.75) is 26.5 Å². The fourth-order valence-electron chi connectivity index (χ4n) is 1.74. The Kier molecular flexibility index (Phi) is 4.62. The molecular weight excluding hydrogens is 220 g/mol. The van der Waals surface area contributed by atoms with Gasteiger partial charge in [0.25, 0.3) is 0 Å². The van der Waals surface area contributed by atoms with Gasteiger partial charge in [-0.1, -0.05) is 13.8 Å². The van der Waals surface area contributed by atoms with Gasteiger partial charge in [-0.05, 0) is 20.0 Å². The second-order valence-electron chi connectivity index (χ2n) is 4.62. The number of rotatable bonds is 5. The highest BCUT2D eigenvalue weighted by atomic mass is 16.5. The summed E-state index contributed by atoms with van der Waals surface area (Å²) in [6, 6.07) is -0.233. The Labute approximate surface area is 102 Å². The van der Waals surface area contributed by atoms with Crippen molar-refractivity contribution < 1.29 is 9.53 Å². The predicted octanol–water partition coefficient (Wildman–Crippen LogP) is 0.445. The summed E-state index contributed by atoms with van der Waals surface area (Å²) in [5, 5.41) is 7.58. The molecule has 0 N–H and O–H groups in total. The van der Waals surface area contributed by atoms with Crippen LogP contribution in [0.15, 0.2) is 6.33 Å². The number of ether oxygens (including phenoxy) is 1. The smallest absolute Gasteiger partial charge is 0.324 e. The van der Waals surface area contributed by atoms with Gasteiger partial charge < -0.3 is 9.30 Å². The summed E-state index contributed by atoms with van der Waals surface area (Å²) < 4.78 is 6.98. The summed E-state index contributed by atoms with van der Waals surface area (Å²) in [4.78, 5) is 13.8. The van der Waals surface area contributed by atoms with Crippen LogP contribution in [0, 0.1) is 5.92 Å². The first-order chi connectivity index (χ1) is 7.93. The van der Waals surface area contributed by atoms with E-state index in [1.807, 2.05) is 39.9 Å². The molecule has 0 saturated heterocycles. The van der Waals surface area contributed by atoms with Crippen LogP contribution in [0.5, 0.6) is 0 Å². The lowest BCUT2D eigenvalue weighted by Gasteiger charge is -2.25. The molecule has 17 heavy (non-hydrogen) atoms. The Balaban J connectivity index is 2.57. The van der Waals surface area contributed by atoms with Crippen molar-refractivity contribution in [2.75, 3.05) is 14.1 Å². The van der Waals surface area contributed by atoms with Crippen molar-refractivity contribution in [1.29, 1.82) is 0 Å². The lowest BCUT2D eigenvalue weighted by molar-refractivity contribution is -0.152. The van der Waals surface area contributed by atoms with Crippen LogP contribution in [0.1, 0.15) is 19.7 Å². The van der Waals surface area contributed by atoms with Crippen LogP contribution in [0.2, 0.25) is 0 Å². The number of nitrogens with zero attached hydrogens (tertiary/aromatic N) is 4. The lowest BCUT2D eigenvalue weighted by atomic mass is 10.0. The van der Waals surface area contributed by atoms with Crippen molar-refractivity contribution in [3.63, 3.8) is 0 Å². The van der Waals surface area contributed by atoms with E-state index in [0.717, 1.165) is 0 Å². The molecule has 0 aliphatic carbocycles. The van der Waals surface area contributed by atoms with E-state index >= 15 is 0 Å². The first-order valence-electron chi connectivity index (χ1n) is 5.59. The van der Waals surface area contributed by atoms with Crippen molar-refractivity contribution in [2.24, 2.45) is 13.0 Å². The highest BCUT2D eigenvalue weighted by Gasteiger charge is 2.26. The standard InChI is InChI=1S/C11H20N4O2/c1-8(2)10(14(3)4)11(16)17-6-9-13-12-7-15(9)5/h7-8,10H,6H2,1-5H3. The average Bonchev–Trinajstić information content (AvgIpc) is 2.59. The van der Waals surface area contributed by atoms with Gasteiger partial charge in [-0.25, -0.2) is 0 Å². The Morgan fingerprint density at radius 3 is 2.59 bits per heavy atom. The van der Waals surface area contributed by atoms with E-state index in [0.29, 0.717) is 5.82 Å². The molecule has 0 aliphatic rings. The number of esters is 1. The molecule has 1 heterocycles. The summed E-state index contributed by atoms with van der Waals surface area (Å²) in [5.41, 5.74) is 0. The fourth-order valence-corrected chi connectivity index (χ4v) is 1.74. The van der Waals surface area contributed by atoms with Gasteiger partial charge in [-0.3, -0.25) is 9.69 Å². The van der Waals surface area contributed by atoms with Crippen LogP contribution in [0.4, 0.5) is 0 Å². The Bertz CT molecular complexity index is 365. The highest BCUT2D eigenvalue weighted by Crippen LogP contribution is 2.10. The quantitative estimate of drug-likeness (QED) is 0.699. The molecule has 1 aromatic rings. The second-order valence-corrected chi connectivity index (χ2v) is 4.62. The summed E-state index contributed by atoms with van der Waals surface area (Å²) in [6.45, 7) is 4.15. The minimum absolute atomic E-state index is 0.159. The van der Waals surface area contributed by atoms with Gasteiger partial charge in [-0.15, -0.1) is 10.2 Å². The normalized spacial score (nSPS) is 13.1. The maximum atomic E-state index is 11.9. The molecule has 1 atom stereocenters. The van der Waals surface area contributed by atoms with Crippen LogP contribution < -0.4 is 0 Å². The molecular formula is C11H20N4O2. The third kappa shape index (κ3) is 3.52. The van der Waals surface area contributed by atoms with Crippen molar-refractivity contribution in [1.82, 2.24) is 19.7 Å². The number of carbonyl (C=O) groups excluding carboxylic acids is 1. The molecule has 0 aromatic carbocycles. The molecule has 1 rings (SSSR count). The number of hydrogen-bond donors (Lipinski definition) is 0. The van der Waals surface area contributed by atoms with E-state index in [-0.39, 0.29) is 24.5 Å². The Morgan fingerprint density at radius 1 is 1.53 bits per heavy atom. The van der Waals surface area contributed by atoms with E-state index in [1.165, 1.54) is 0 Å².